The molecule has 5 nitrogen and oxygen atoms in total. The number of nitrogens with one attached hydrogen (secondary N) is 1. The summed E-state index contributed by atoms with van der Waals surface area (Å²) < 4.78 is 0. The van der Waals surface area contributed by atoms with E-state index in [4.69, 9.17) is 5.11 Å². The lowest BCUT2D eigenvalue weighted by Crippen LogP contribution is -2.23. The minimum atomic E-state index is -0.992. The van der Waals surface area contributed by atoms with E-state index in [0.717, 1.165) is 24.4 Å². The lowest BCUT2D eigenvalue weighted by Gasteiger charge is -2.05. The fourth-order valence-electron chi connectivity index (χ4n) is 1.56. The SMILES string of the molecule is O=C(O)c1nnc(CC2CCCN2)s1. The second-order valence-electron chi connectivity index (χ2n) is 3.30. The standard InChI is InChI=1S/C8H11N3O2S/c12-8(13)7-11-10-6(14-7)4-5-2-1-3-9-5/h5,9H,1-4H2,(H,12,13). The van der Waals surface area contributed by atoms with Crippen LogP contribution in [0.4, 0.5) is 0 Å². The van der Waals surface area contributed by atoms with Crippen molar-refractivity contribution in [2.24, 2.45) is 0 Å². The van der Waals surface area contributed by atoms with Gasteiger partial charge < -0.3 is 10.4 Å². The fraction of sp³-hybridized carbons (Fsp3) is 0.625. The van der Waals surface area contributed by atoms with E-state index in [1.807, 2.05) is 0 Å². The molecule has 1 aromatic heterocycles. The van der Waals surface area contributed by atoms with Crippen molar-refractivity contribution < 1.29 is 9.90 Å². The molecule has 6 heteroatoms. The van der Waals surface area contributed by atoms with Gasteiger partial charge in [0.05, 0.1) is 0 Å². The van der Waals surface area contributed by atoms with Gasteiger partial charge in [0.2, 0.25) is 5.01 Å². The van der Waals surface area contributed by atoms with E-state index < -0.39 is 5.97 Å². The van der Waals surface area contributed by atoms with Gasteiger partial charge in [0, 0.05) is 12.5 Å². The molecule has 1 fully saturated rings. The first kappa shape index (κ1) is 9.54. The third-order valence-corrected chi connectivity index (χ3v) is 3.17. The van der Waals surface area contributed by atoms with E-state index >= 15 is 0 Å². The topological polar surface area (TPSA) is 75.1 Å². The van der Waals surface area contributed by atoms with Crippen LogP contribution in [-0.2, 0) is 6.42 Å². The van der Waals surface area contributed by atoms with E-state index in [2.05, 4.69) is 15.5 Å². The summed E-state index contributed by atoms with van der Waals surface area (Å²) in [4.78, 5) is 10.5. The highest BCUT2D eigenvalue weighted by Crippen LogP contribution is 2.15. The molecule has 1 saturated heterocycles. The van der Waals surface area contributed by atoms with E-state index in [9.17, 15) is 4.79 Å². The summed E-state index contributed by atoms with van der Waals surface area (Å²) in [7, 11) is 0. The smallest absolute Gasteiger partial charge is 0.367 e. The zero-order chi connectivity index (χ0) is 9.97. The number of hydrogen-bond donors (Lipinski definition) is 2. The number of aromatic carboxylic acids is 1. The van der Waals surface area contributed by atoms with Gasteiger partial charge in [-0.25, -0.2) is 4.79 Å². The van der Waals surface area contributed by atoms with E-state index in [0.29, 0.717) is 6.04 Å². The van der Waals surface area contributed by atoms with Crippen LogP contribution in [0, 0.1) is 0 Å². The number of aromatic nitrogens is 2. The fourth-order valence-corrected chi connectivity index (χ4v) is 2.32. The molecule has 0 aromatic carbocycles. The quantitative estimate of drug-likeness (QED) is 0.766. The largest absolute Gasteiger partial charge is 0.476 e. The Labute approximate surface area is 85.2 Å². The average molecular weight is 213 g/mol. The second-order valence-corrected chi connectivity index (χ2v) is 4.37. The number of carbonyl (C=O) groups is 1. The summed E-state index contributed by atoms with van der Waals surface area (Å²) >= 11 is 1.17. The van der Waals surface area contributed by atoms with Gasteiger partial charge in [-0.3, -0.25) is 0 Å². The molecule has 0 saturated carbocycles. The summed E-state index contributed by atoms with van der Waals surface area (Å²) in [6.45, 7) is 1.05. The summed E-state index contributed by atoms with van der Waals surface area (Å²) in [5, 5.41) is 20.3. The highest BCUT2D eigenvalue weighted by atomic mass is 32.1. The molecule has 0 amide bonds. The molecular formula is C8H11N3O2S. The summed E-state index contributed by atoms with van der Waals surface area (Å²) in [5.41, 5.74) is 0. The van der Waals surface area contributed by atoms with Crippen LogP contribution >= 0.6 is 11.3 Å². The maximum atomic E-state index is 10.5. The maximum Gasteiger partial charge on any atom is 0.367 e. The molecule has 0 radical (unpaired) electrons. The Morgan fingerprint density at radius 3 is 3.07 bits per heavy atom. The predicted molar refractivity (Wildman–Crippen MR) is 51.6 cm³/mol. The third kappa shape index (κ3) is 2.08. The zero-order valence-electron chi connectivity index (χ0n) is 7.56. The van der Waals surface area contributed by atoms with Gasteiger partial charge in [-0.2, -0.15) is 0 Å². The minimum Gasteiger partial charge on any atom is -0.476 e. The molecular weight excluding hydrogens is 202 g/mol. The van der Waals surface area contributed by atoms with Crippen LogP contribution in [0.2, 0.25) is 0 Å². The van der Waals surface area contributed by atoms with Crippen molar-refractivity contribution in [3.8, 4) is 0 Å². The molecule has 0 bridgehead atoms. The molecule has 1 atom stereocenters. The van der Waals surface area contributed by atoms with Crippen molar-refractivity contribution in [3.63, 3.8) is 0 Å². The summed E-state index contributed by atoms with van der Waals surface area (Å²) in [6, 6.07) is 0.449. The van der Waals surface area contributed by atoms with Crippen molar-refractivity contribution in [3.05, 3.63) is 10.0 Å². The predicted octanol–water partition coefficient (Wildman–Crippen LogP) is 0.531. The molecule has 2 rings (SSSR count). The molecule has 1 aliphatic heterocycles. The highest BCUT2D eigenvalue weighted by Gasteiger charge is 2.18. The van der Waals surface area contributed by atoms with Crippen molar-refractivity contribution in [1.29, 1.82) is 0 Å². The number of rotatable bonds is 3. The van der Waals surface area contributed by atoms with Crippen molar-refractivity contribution in [2.75, 3.05) is 6.54 Å². The van der Waals surface area contributed by atoms with Gasteiger partial charge >= 0.3 is 5.97 Å². The van der Waals surface area contributed by atoms with Gasteiger partial charge in [-0.05, 0) is 19.4 Å². The number of hydrogen-bond acceptors (Lipinski definition) is 5. The van der Waals surface area contributed by atoms with Crippen LogP contribution < -0.4 is 5.32 Å². The monoisotopic (exact) mass is 213 g/mol. The van der Waals surface area contributed by atoms with Crippen molar-refractivity contribution >= 4 is 17.3 Å². The Balaban J connectivity index is 1.98. The minimum absolute atomic E-state index is 0.0815. The third-order valence-electron chi connectivity index (χ3n) is 2.23. The molecule has 76 valence electrons. The molecule has 1 aromatic rings. The number of carboxylic acids is 1. The summed E-state index contributed by atoms with van der Waals surface area (Å²) in [6.07, 6.45) is 3.13. The summed E-state index contributed by atoms with van der Waals surface area (Å²) in [5.74, 6) is -0.992. The van der Waals surface area contributed by atoms with Crippen LogP contribution in [0.1, 0.15) is 27.7 Å². The Bertz CT molecular complexity index is 333. The van der Waals surface area contributed by atoms with Gasteiger partial charge in [-0.15, -0.1) is 10.2 Å². The number of nitrogens with zero attached hydrogens (tertiary/aromatic N) is 2. The molecule has 0 aliphatic carbocycles. The van der Waals surface area contributed by atoms with Crippen molar-refractivity contribution in [2.45, 2.75) is 25.3 Å². The van der Waals surface area contributed by atoms with E-state index in [-0.39, 0.29) is 5.01 Å². The Morgan fingerprint density at radius 2 is 2.50 bits per heavy atom. The van der Waals surface area contributed by atoms with E-state index in [1.165, 1.54) is 17.8 Å². The Hall–Kier alpha value is -1.01. The first-order valence-corrected chi connectivity index (χ1v) is 5.36. The Morgan fingerprint density at radius 1 is 1.64 bits per heavy atom. The van der Waals surface area contributed by atoms with Crippen LogP contribution in [0.3, 0.4) is 0 Å². The number of carboxylic acid groups (broad SMARTS) is 1. The molecule has 14 heavy (non-hydrogen) atoms. The second kappa shape index (κ2) is 4.02. The average Bonchev–Trinajstić information content (AvgIpc) is 2.75. The van der Waals surface area contributed by atoms with Crippen LogP contribution in [0.25, 0.3) is 0 Å². The van der Waals surface area contributed by atoms with Gasteiger partial charge in [0.15, 0.2) is 0 Å². The Kier molecular flexibility index (Phi) is 2.74. The first-order valence-electron chi connectivity index (χ1n) is 4.55. The van der Waals surface area contributed by atoms with Crippen LogP contribution in [0.5, 0.6) is 0 Å². The zero-order valence-corrected chi connectivity index (χ0v) is 8.38. The van der Waals surface area contributed by atoms with Gasteiger partial charge in [-0.1, -0.05) is 11.3 Å². The van der Waals surface area contributed by atoms with Crippen LogP contribution in [-0.4, -0.2) is 33.9 Å². The maximum absolute atomic E-state index is 10.5. The molecule has 1 unspecified atom stereocenters. The normalized spacial score (nSPS) is 21.3. The molecule has 1 aliphatic rings. The molecule has 2 N–H and O–H groups in total. The lowest BCUT2D eigenvalue weighted by molar-refractivity contribution is 0.0695. The van der Waals surface area contributed by atoms with Gasteiger partial charge in [0.1, 0.15) is 5.01 Å². The van der Waals surface area contributed by atoms with Crippen LogP contribution in [0.15, 0.2) is 0 Å². The molecule has 0 spiro atoms. The lowest BCUT2D eigenvalue weighted by atomic mass is 10.2. The van der Waals surface area contributed by atoms with Crippen molar-refractivity contribution in [1.82, 2.24) is 15.5 Å². The molecule has 2 heterocycles. The first-order chi connectivity index (χ1) is 6.75. The highest BCUT2D eigenvalue weighted by molar-refractivity contribution is 7.13. The van der Waals surface area contributed by atoms with E-state index in [1.54, 1.807) is 0 Å². The van der Waals surface area contributed by atoms with Gasteiger partial charge in [0.25, 0.3) is 0 Å².